The maximum Gasteiger partial charge on any atom is 0.469 e. The normalized spacial score (nSPS) is 24.4. The molecule has 4 amide bonds. The van der Waals surface area contributed by atoms with Crippen molar-refractivity contribution < 1.29 is 102 Å². The zero-order chi connectivity index (χ0) is 73.5. The lowest BCUT2D eigenvalue weighted by Crippen LogP contribution is -2.62. The Kier molecular flexibility index (Phi) is 22.4. The molecule has 11 heterocycles. The van der Waals surface area contributed by atoms with Gasteiger partial charge >= 0.3 is 19.8 Å². The number of aromatic amines is 1. The number of phosphoric acid groups is 1. The smallest absolute Gasteiger partial charge is 0.469 e. The van der Waals surface area contributed by atoms with Gasteiger partial charge < -0.3 is 100 Å². The molecule has 7 aromatic heterocycles. The maximum absolute atomic E-state index is 15.2. The number of H-pyrrole nitrogens is 1. The minimum absolute atomic E-state index is 0.00246. The predicted octanol–water partition coefficient (Wildman–Crippen LogP) is 3.76. The van der Waals surface area contributed by atoms with Gasteiger partial charge in [-0.25, -0.2) is 44.1 Å². The first-order valence-corrected chi connectivity index (χ1v) is 37.7. The van der Waals surface area contributed by atoms with Crippen molar-refractivity contribution in [3.63, 3.8) is 0 Å². The van der Waals surface area contributed by atoms with E-state index in [0.29, 0.717) is 22.2 Å². The van der Waals surface area contributed by atoms with Gasteiger partial charge in [-0.15, -0.1) is 56.7 Å². The number of hydrogen-bond donors (Lipinski definition) is 13. The number of allylic oxidation sites excluding steroid dienone is 1. The lowest BCUT2D eigenvalue weighted by atomic mass is 9.85. The molecule has 1 aromatic carbocycles. The first-order valence-electron chi connectivity index (χ1n) is 31.8. The molecule has 548 valence electrons. The molecule has 12 rings (SSSR count). The largest absolute Gasteiger partial charge is 0.506 e. The van der Waals surface area contributed by atoms with Crippen LogP contribution in [0.3, 0.4) is 0 Å². The number of aliphatic hydroxyl groups excluding tert-OH is 3. The van der Waals surface area contributed by atoms with E-state index in [0.717, 1.165) is 56.7 Å². The number of likely N-dealkylation sites (N-methyl/N-ethyl adjacent to an activating group) is 1. The van der Waals surface area contributed by atoms with Gasteiger partial charge in [-0.2, -0.15) is 0 Å². The first kappa shape index (κ1) is 74.7. The standard InChI is InChI=1S/C63H70N13O21PS5/c1-25(77)43-55(84)74-44(26(2)91-7)58-70-37(24-102-58)54(83)75-48-49-50(97-41-14-63(4,87)51(76(5)6)27(3)96-41)62(86)93-16-28-9-8-10-32-42(28)31(17-92-49)46(66-32)61(85)94-18-33(67-52(81)35-23-103-60(48)71-35)57-68-34(21-101-57)45-30(56-69-36(22-100-56)53(82)73-43)13-39(79)47(72-45)59-65-29(20-99-59)15-64-12-11-38(78)40(80)19-95-98(88,89)90/h8-10,13,20-25,27,33,38,40-41,43,48-51,64,66,77-80,87H,11-12,14-19H2,1-7H3,(H,67,81)(H,73,82)(H,74,84)(H,75,83)(H2,88,89,90)/b44-26+. The van der Waals surface area contributed by atoms with E-state index >= 15 is 19.2 Å². The fourth-order valence-electron chi connectivity index (χ4n) is 12.3. The summed E-state index contributed by atoms with van der Waals surface area (Å²) in [6, 6.07) is 1.32. The summed E-state index contributed by atoms with van der Waals surface area (Å²) in [4.78, 5) is 141. The number of fused-ring (bicyclic) bond motifs is 15. The van der Waals surface area contributed by atoms with E-state index in [-0.39, 0.29) is 120 Å². The number of pyridine rings is 1. The third-order valence-corrected chi connectivity index (χ3v) is 22.2. The van der Waals surface area contributed by atoms with Crippen LogP contribution < -0.4 is 26.6 Å². The van der Waals surface area contributed by atoms with Crippen LogP contribution in [0.25, 0.3) is 49.3 Å². The number of nitrogens with one attached hydrogen (secondary N) is 6. The molecule has 12 atom stereocenters. The molecule has 8 aromatic rings. The van der Waals surface area contributed by atoms with Crippen LogP contribution in [0.2, 0.25) is 0 Å². The van der Waals surface area contributed by atoms with Crippen LogP contribution in [-0.2, 0) is 66.9 Å². The summed E-state index contributed by atoms with van der Waals surface area (Å²) in [6.45, 7) is 4.07. The van der Waals surface area contributed by atoms with Gasteiger partial charge in [-0.1, -0.05) is 12.1 Å². The van der Waals surface area contributed by atoms with Gasteiger partial charge in [0.05, 0.1) is 56.0 Å². The molecular formula is C63H70N13O21PS5. The molecule has 1 fully saturated rings. The second-order valence-electron chi connectivity index (χ2n) is 24.9. The molecule has 13 N–H and O–H groups in total. The number of hydrogen-bond acceptors (Lipinski definition) is 32. The number of ether oxygens (including phenoxy) is 6. The molecule has 12 bridgehead atoms. The number of aromatic nitrogens is 7. The van der Waals surface area contributed by atoms with Gasteiger partial charge in [0.15, 0.2) is 12.4 Å². The van der Waals surface area contributed by atoms with Crippen LogP contribution in [0.1, 0.15) is 126 Å². The average molecular weight is 1540 g/mol. The molecule has 4 aliphatic rings. The van der Waals surface area contributed by atoms with E-state index in [9.17, 15) is 39.7 Å². The van der Waals surface area contributed by atoms with Gasteiger partial charge in [0.2, 0.25) is 5.91 Å². The molecule has 0 aliphatic carbocycles. The Bertz CT molecular complexity index is 4620. The summed E-state index contributed by atoms with van der Waals surface area (Å²) in [5, 5.41) is 78.0. The van der Waals surface area contributed by atoms with Crippen LogP contribution in [0.5, 0.6) is 5.75 Å². The summed E-state index contributed by atoms with van der Waals surface area (Å²) < 4.78 is 53.3. The maximum atomic E-state index is 15.2. The number of rotatable bonds is 15. The van der Waals surface area contributed by atoms with Crippen molar-refractivity contribution in [2.75, 3.05) is 41.0 Å². The highest BCUT2D eigenvalue weighted by Gasteiger charge is 2.50. The lowest BCUT2D eigenvalue weighted by Gasteiger charge is -2.48. The van der Waals surface area contributed by atoms with Crippen LogP contribution in [0.15, 0.2) is 56.9 Å². The lowest BCUT2D eigenvalue weighted by molar-refractivity contribution is -0.280. The fourth-order valence-corrected chi connectivity index (χ4v) is 16.9. The highest BCUT2D eigenvalue weighted by Crippen LogP contribution is 2.43. The molecule has 0 saturated carbocycles. The minimum atomic E-state index is -4.90. The monoisotopic (exact) mass is 1540 g/mol. The summed E-state index contributed by atoms with van der Waals surface area (Å²) in [5.41, 5.74) is -0.607. The van der Waals surface area contributed by atoms with Crippen molar-refractivity contribution in [3.05, 3.63) is 112 Å². The van der Waals surface area contributed by atoms with Crippen molar-refractivity contribution in [2.24, 2.45) is 0 Å². The number of esters is 2. The zero-order valence-electron chi connectivity index (χ0n) is 55.7. The fraction of sp³-hybridized carbons (Fsp3) is 0.429. The molecule has 103 heavy (non-hydrogen) atoms. The Morgan fingerprint density at radius 1 is 0.825 bits per heavy atom. The summed E-state index contributed by atoms with van der Waals surface area (Å²) in [7, 11) is -0.0209. The zero-order valence-corrected chi connectivity index (χ0v) is 60.6. The molecular weight excluding hydrogens is 1470 g/mol. The Morgan fingerprint density at radius 2 is 1.50 bits per heavy atom. The number of aliphatic hydroxyl groups is 4. The van der Waals surface area contributed by atoms with Crippen LogP contribution in [-0.4, -0.2) is 212 Å². The molecule has 0 radical (unpaired) electrons. The molecule has 34 nitrogen and oxygen atoms in total. The van der Waals surface area contributed by atoms with Crippen molar-refractivity contribution in [1.29, 1.82) is 0 Å². The molecule has 12 unspecified atom stereocenters. The Labute approximate surface area is 605 Å². The van der Waals surface area contributed by atoms with E-state index in [2.05, 4.69) is 51.0 Å². The van der Waals surface area contributed by atoms with E-state index in [1.807, 2.05) is 0 Å². The van der Waals surface area contributed by atoms with Gasteiger partial charge in [0.1, 0.15) is 126 Å². The first-order chi connectivity index (χ1) is 49.0. The number of methoxy groups -OCH3 is 1. The molecule has 4 aliphatic heterocycles. The van der Waals surface area contributed by atoms with Crippen LogP contribution in [0, 0.1) is 0 Å². The Hall–Kier alpha value is -8.03. The summed E-state index contributed by atoms with van der Waals surface area (Å²) in [6.07, 6.45) is -10.4. The van der Waals surface area contributed by atoms with E-state index < -0.39 is 142 Å². The van der Waals surface area contributed by atoms with Gasteiger partial charge in [0, 0.05) is 61.9 Å². The third-order valence-electron chi connectivity index (χ3n) is 17.2. The predicted molar refractivity (Wildman–Crippen MR) is 370 cm³/mol. The number of nitrogens with zero attached hydrogens (tertiary/aromatic N) is 7. The van der Waals surface area contributed by atoms with Crippen molar-refractivity contribution in [3.8, 4) is 38.4 Å². The van der Waals surface area contributed by atoms with Crippen molar-refractivity contribution in [1.82, 2.24) is 66.4 Å². The summed E-state index contributed by atoms with van der Waals surface area (Å²) >= 11 is 4.84. The number of amides is 4. The quantitative estimate of drug-likeness (QED) is 0.0301. The second-order valence-corrected chi connectivity index (χ2v) is 30.5. The van der Waals surface area contributed by atoms with E-state index in [1.54, 1.807) is 61.8 Å². The topological polar surface area (TPSA) is 482 Å². The van der Waals surface area contributed by atoms with Gasteiger partial charge in [0.25, 0.3) is 17.7 Å². The van der Waals surface area contributed by atoms with Gasteiger partial charge in [-0.05, 0) is 72.5 Å². The van der Waals surface area contributed by atoms with E-state index in [4.69, 9.17) is 53.2 Å². The number of carbonyl (C=O) groups excluding carboxylic acids is 6. The van der Waals surface area contributed by atoms with Crippen LogP contribution in [0.4, 0.5) is 0 Å². The highest BCUT2D eigenvalue weighted by atomic mass is 32.1. The van der Waals surface area contributed by atoms with Gasteiger partial charge in [-0.3, -0.25) is 23.7 Å². The number of phosphoric ester groups is 1. The Morgan fingerprint density at radius 3 is 2.23 bits per heavy atom. The average Bonchev–Trinajstić information content (AvgIpc) is 1.73. The molecule has 1 saturated heterocycles. The van der Waals surface area contributed by atoms with Crippen molar-refractivity contribution >= 4 is 117 Å². The molecule has 0 spiro atoms. The third kappa shape index (κ3) is 16.4. The number of cyclic esters (lactones) is 2. The number of carbonyl (C=O) groups is 6. The van der Waals surface area contributed by atoms with Crippen LogP contribution >= 0.6 is 64.5 Å². The summed E-state index contributed by atoms with van der Waals surface area (Å²) in [5.74, 6) is -5.89. The van der Waals surface area contributed by atoms with Crippen molar-refractivity contribution in [2.45, 2.75) is 133 Å². The second kappa shape index (κ2) is 31.0. The Balaban J connectivity index is 0.981. The minimum Gasteiger partial charge on any atom is -0.506 e. The molecule has 40 heteroatoms. The van der Waals surface area contributed by atoms with E-state index in [1.165, 1.54) is 43.2 Å². The number of benzene rings is 1. The number of thiazole rings is 5. The highest BCUT2D eigenvalue weighted by molar-refractivity contribution is 7.46. The number of aromatic hydroxyl groups is 1. The SMILES string of the molecule is CO/C(C)=C1/NC(=O)C(C(C)O)NC(=O)c2csc(n2)-c2cc(O)c(-c3nc(CNCCC(O)C(O)COP(=O)(O)O)cs3)nc2-c2csc(n2)C2COC(=O)c3[nH]c4cccc5c4c3COC(C(OC3CC(C)(O)C(N(C)C)C(C)O3)C(=O)OC5)C(NC(=O)c3csc1n3)c1nc(cs1)C(=O)N2.